The largest absolute Gasteiger partial charge is 0.483 e. The van der Waals surface area contributed by atoms with Crippen molar-refractivity contribution in [1.29, 1.82) is 0 Å². The Kier molecular flexibility index (Phi) is 4.55. The monoisotopic (exact) mass is 326 g/mol. The molecule has 102 valence electrons. The van der Waals surface area contributed by atoms with E-state index in [9.17, 15) is 0 Å². The van der Waals surface area contributed by atoms with E-state index < -0.39 is 0 Å². The summed E-state index contributed by atoms with van der Waals surface area (Å²) in [7, 11) is 0. The van der Waals surface area contributed by atoms with Gasteiger partial charge in [-0.05, 0) is 33.6 Å². The zero-order chi connectivity index (χ0) is 13.8. The van der Waals surface area contributed by atoms with Crippen LogP contribution in [0.15, 0.2) is 27.2 Å². The summed E-state index contributed by atoms with van der Waals surface area (Å²) in [5, 5.41) is 12.9. The first kappa shape index (κ1) is 14.0. The molecule has 2 aromatic rings. The molecule has 1 heterocycles. The molecule has 6 heteroatoms. The lowest BCUT2D eigenvalue weighted by molar-refractivity contribution is 0.240. The standard InChI is InChI=1S/C13H15BrN2O3/c1-8(2)13-15-12(19-16-13)7-18-11-4-3-9(6-17)5-10(11)14/h3-5,8,17H,6-7H2,1-2H3. The molecule has 0 aliphatic carbocycles. The third kappa shape index (κ3) is 3.54. The SMILES string of the molecule is CC(C)c1noc(COc2ccc(CO)cc2Br)n1. The van der Waals surface area contributed by atoms with Crippen LogP contribution in [-0.2, 0) is 13.2 Å². The van der Waals surface area contributed by atoms with Gasteiger partial charge in [0, 0.05) is 5.92 Å². The summed E-state index contributed by atoms with van der Waals surface area (Å²) >= 11 is 3.39. The molecule has 1 aromatic heterocycles. The number of hydrogen-bond acceptors (Lipinski definition) is 5. The van der Waals surface area contributed by atoms with Crippen LogP contribution >= 0.6 is 15.9 Å². The minimum atomic E-state index is 0.000286. The fourth-order valence-corrected chi connectivity index (χ4v) is 2.00. The van der Waals surface area contributed by atoms with Gasteiger partial charge in [0.25, 0.3) is 5.89 Å². The van der Waals surface area contributed by atoms with E-state index >= 15 is 0 Å². The normalized spacial score (nSPS) is 11.0. The van der Waals surface area contributed by atoms with Crippen LogP contribution < -0.4 is 4.74 Å². The fraction of sp³-hybridized carbons (Fsp3) is 0.385. The number of aliphatic hydroxyl groups is 1. The number of ether oxygens (including phenoxy) is 1. The van der Waals surface area contributed by atoms with Gasteiger partial charge in [0.2, 0.25) is 0 Å². The Morgan fingerprint density at radius 1 is 1.42 bits per heavy atom. The number of nitrogens with zero attached hydrogens (tertiary/aromatic N) is 2. The average Bonchev–Trinajstić information content (AvgIpc) is 2.86. The Morgan fingerprint density at radius 2 is 2.21 bits per heavy atom. The van der Waals surface area contributed by atoms with Crippen molar-refractivity contribution in [3.05, 3.63) is 40.0 Å². The second-order valence-corrected chi connectivity index (χ2v) is 5.27. The fourth-order valence-electron chi connectivity index (χ4n) is 1.46. The lowest BCUT2D eigenvalue weighted by Gasteiger charge is -2.06. The highest BCUT2D eigenvalue weighted by atomic mass is 79.9. The summed E-state index contributed by atoms with van der Waals surface area (Å²) in [5.41, 5.74) is 0.819. The van der Waals surface area contributed by atoms with Crippen LogP contribution in [0.25, 0.3) is 0 Å². The molecule has 0 spiro atoms. The lowest BCUT2D eigenvalue weighted by Crippen LogP contribution is -1.98. The van der Waals surface area contributed by atoms with E-state index in [1.54, 1.807) is 12.1 Å². The zero-order valence-electron chi connectivity index (χ0n) is 10.8. The summed E-state index contributed by atoms with van der Waals surface area (Å²) in [4.78, 5) is 4.23. The Balaban J connectivity index is 2.01. The van der Waals surface area contributed by atoms with Crippen LogP contribution in [0.2, 0.25) is 0 Å². The zero-order valence-corrected chi connectivity index (χ0v) is 12.3. The molecule has 0 saturated heterocycles. The maximum atomic E-state index is 9.02. The first-order valence-corrected chi connectivity index (χ1v) is 6.74. The van der Waals surface area contributed by atoms with Gasteiger partial charge in [0.1, 0.15) is 5.75 Å². The highest BCUT2D eigenvalue weighted by molar-refractivity contribution is 9.10. The van der Waals surface area contributed by atoms with Gasteiger partial charge >= 0.3 is 0 Å². The quantitative estimate of drug-likeness (QED) is 0.914. The van der Waals surface area contributed by atoms with Crippen molar-refractivity contribution in [3.63, 3.8) is 0 Å². The van der Waals surface area contributed by atoms with Crippen molar-refractivity contribution in [3.8, 4) is 5.75 Å². The number of benzene rings is 1. The highest BCUT2D eigenvalue weighted by Crippen LogP contribution is 2.26. The molecule has 5 nitrogen and oxygen atoms in total. The Bertz CT molecular complexity index is 555. The summed E-state index contributed by atoms with van der Waals surface area (Å²) < 4.78 is 11.5. The van der Waals surface area contributed by atoms with Gasteiger partial charge in [0.15, 0.2) is 12.4 Å². The summed E-state index contributed by atoms with van der Waals surface area (Å²) in [6.07, 6.45) is 0. The number of aromatic nitrogens is 2. The van der Waals surface area contributed by atoms with Gasteiger partial charge in [-0.1, -0.05) is 25.1 Å². The second-order valence-electron chi connectivity index (χ2n) is 4.41. The van der Waals surface area contributed by atoms with Gasteiger partial charge in [0.05, 0.1) is 11.1 Å². The molecule has 1 aromatic carbocycles. The summed E-state index contributed by atoms with van der Waals surface area (Å²) in [6, 6.07) is 5.39. The van der Waals surface area contributed by atoms with Crippen LogP contribution in [0.4, 0.5) is 0 Å². The van der Waals surface area contributed by atoms with Gasteiger partial charge in [-0.2, -0.15) is 4.98 Å². The van der Waals surface area contributed by atoms with Crippen molar-refractivity contribution < 1.29 is 14.4 Å². The van der Waals surface area contributed by atoms with E-state index in [2.05, 4.69) is 26.1 Å². The molecule has 0 aliphatic rings. The molecular formula is C13H15BrN2O3. The summed E-state index contributed by atoms with van der Waals surface area (Å²) in [5.74, 6) is 2.02. The number of aliphatic hydroxyl groups excluding tert-OH is 1. The van der Waals surface area contributed by atoms with E-state index in [0.717, 1.165) is 10.0 Å². The molecule has 0 fully saturated rings. The highest BCUT2D eigenvalue weighted by Gasteiger charge is 2.11. The Labute approximate surface area is 119 Å². The molecule has 0 amide bonds. The topological polar surface area (TPSA) is 68.4 Å². The molecule has 0 radical (unpaired) electrons. The Hall–Kier alpha value is -1.40. The van der Waals surface area contributed by atoms with Gasteiger partial charge in [-0.25, -0.2) is 0 Å². The van der Waals surface area contributed by atoms with Crippen molar-refractivity contribution in [2.24, 2.45) is 0 Å². The van der Waals surface area contributed by atoms with E-state index in [0.29, 0.717) is 17.5 Å². The molecule has 19 heavy (non-hydrogen) atoms. The molecule has 0 aliphatic heterocycles. The van der Waals surface area contributed by atoms with Crippen LogP contribution in [0.3, 0.4) is 0 Å². The van der Waals surface area contributed by atoms with Crippen LogP contribution in [0.1, 0.15) is 37.0 Å². The molecule has 0 bridgehead atoms. The van der Waals surface area contributed by atoms with Gasteiger partial charge in [-0.15, -0.1) is 0 Å². The van der Waals surface area contributed by atoms with E-state index in [1.165, 1.54) is 0 Å². The Morgan fingerprint density at radius 3 is 2.79 bits per heavy atom. The first-order valence-electron chi connectivity index (χ1n) is 5.94. The maximum absolute atomic E-state index is 9.02. The predicted octanol–water partition coefficient (Wildman–Crippen LogP) is 3.03. The molecular weight excluding hydrogens is 312 g/mol. The maximum Gasteiger partial charge on any atom is 0.264 e. The van der Waals surface area contributed by atoms with Crippen LogP contribution in [-0.4, -0.2) is 15.2 Å². The minimum Gasteiger partial charge on any atom is -0.483 e. The molecule has 1 N–H and O–H groups in total. The van der Waals surface area contributed by atoms with Crippen molar-refractivity contribution in [2.75, 3.05) is 0 Å². The second kappa shape index (κ2) is 6.16. The van der Waals surface area contributed by atoms with E-state index in [4.69, 9.17) is 14.4 Å². The molecule has 0 saturated carbocycles. The van der Waals surface area contributed by atoms with Gasteiger partial charge < -0.3 is 14.4 Å². The van der Waals surface area contributed by atoms with Crippen molar-refractivity contribution in [2.45, 2.75) is 33.0 Å². The van der Waals surface area contributed by atoms with Crippen LogP contribution in [0, 0.1) is 0 Å². The minimum absolute atomic E-state index is 0.000286. The first-order chi connectivity index (χ1) is 9.10. The molecule has 0 unspecified atom stereocenters. The van der Waals surface area contributed by atoms with Crippen molar-refractivity contribution in [1.82, 2.24) is 10.1 Å². The smallest absolute Gasteiger partial charge is 0.264 e. The van der Waals surface area contributed by atoms with Gasteiger partial charge in [-0.3, -0.25) is 0 Å². The predicted molar refractivity (Wildman–Crippen MR) is 72.8 cm³/mol. The van der Waals surface area contributed by atoms with E-state index in [1.807, 2.05) is 19.9 Å². The molecule has 2 rings (SSSR count). The van der Waals surface area contributed by atoms with E-state index in [-0.39, 0.29) is 19.1 Å². The van der Waals surface area contributed by atoms with Crippen LogP contribution in [0.5, 0.6) is 5.75 Å². The van der Waals surface area contributed by atoms with Crippen molar-refractivity contribution >= 4 is 15.9 Å². The molecule has 0 atom stereocenters. The third-order valence-corrected chi connectivity index (χ3v) is 3.15. The average molecular weight is 327 g/mol. The number of hydrogen-bond donors (Lipinski definition) is 1. The number of halogens is 1. The lowest BCUT2D eigenvalue weighted by atomic mass is 10.2. The summed E-state index contributed by atoms with van der Waals surface area (Å²) in [6.45, 7) is 4.22. The third-order valence-electron chi connectivity index (χ3n) is 2.53. The number of rotatable bonds is 5.